The molecule has 0 spiro atoms. The Bertz CT molecular complexity index is 377. The third kappa shape index (κ3) is 2.66. The Morgan fingerprint density at radius 3 is 2.88 bits per heavy atom. The molecule has 2 rings (SSSR count). The van der Waals surface area contributed by atoms with Gasteiger partial charge in [0.15, 0.2) is 5.69 Å². The van der Waals surface area contributed by atoms with Crippen LogP contribution >= 0.6 is 0 Å². The maximum atomic E-state index is 10.7. The average Bonchev–Trinajstić information content (AvgIpc) is 2.30. The van der Waals surface area contributed by atoms with Crippen molar-refractivity contribution in [1.82, 2.24) is 9.97 Å². The molecule has 6 heteroatoms. The number of nitrogens with zero attached hydrogens (tertiary/aromatic N) is 2. The fraction of sp³-hybridized carbons (Fsp3) is 0.500. The highest BCUT2D eigenvalue weighted by atomic mass is 16.5. The second-order valence-electron chi connectivity index (χ2n) is 3.48. The summed E-state index contributed by atoms with van der Waals surface area (Å²) in [7, 11) is 0. The Balaban J connectivity index is 2.02. The molecule has 1 N–H and O–H groups in total. The predicted octanol–water partition coefficient (Wildman–Crippen LogP) is 0.733. The van der Waals surface area contributed by atoms with Gasteiger partial charge in [-0.3, -0.25) is 0 Å². The normalized spacial score (nSPS) is 17.0. The maximum absolute atomic E-state index is 10.7. The number of carboxylic acids is 1. The number of aromatic carboxylic acids is 1. The zero-order valence-electron chi connectivity index (χ0n) is 8.63. The van der Waals surface area contributed by atoms with Crippen molar-refractivity contribution in [3.05, 3.63) is 18.1 Å². The van der Waals surface area contributed by atoms with E-state index in [1.807, 2.05) is 0 Å². The van der Waals surface area contributed by atoms with Crippen LogP contribution in [0.5, 0.6) is 5.88 Å². The molecular weight excluding hydrogens is 212 g/mol. The van der Waals surface area contributed by atoms with Crippen molar-refractivity contribution in [1.29, 1.82) is 0 Å². The van der Waals surface area contributed by atoms with Gasteiger partial charge in [-0.15, -0.1) is 0 Å². The highest BCUT2D eigenvalue weighted by molar-refractivity contribution is 5.85. The number of hydrogen-bond donors (Lipinski definition) is 1. The largest absolute Gasteiger partial charge is 0.477 e. The van der Waals surface area contributed by atoms with Crippen molar-refractivity contribution in [3.8, 4) is 5.88 Å². The van der Waals surface area contributed by atoms with Gasteiger partial charge in [-0.05, 0) is 0 Å². The third-order valence-electron chi connectivity index (χ3n) is 2.32. The quantitative estimate of drug-likeness (QED) is 0.815. The van der Waals surface area contributed by atoms with E-state index in [0.717, 1.165) is 12.8 Å². The molecule has 0 unspecified atom stereocenters. The minimum absolute atomic E-state index is 0.0466. The van der Waals surface area contributed by atoms with Gasteiger partial charge in [0.2, 0.25) is 5.88 Å². The summed E-state index contributed by atoms with van der Waals surface area (Å²) < 4.78 is 10.7. The zero-order chi connectivity index (χ0) is 11.4. The Kier molecular flexibility index (Phi) is 3.31. The molecule has 1 aliphatic rings. The van der Waals surface area contributed by atoms with E-state index in [1.54, 1.807) is 0 Å². The molecule has 0 radical (unpaired) electrons. The first-order valence-electron chi connectivity index (χ1n) is 5.05. The van der Waals surface area contributed by atoms with Gasteiger partial charge in [-0.2, -0.15) is 0 Å². The fourth-order valence-corrected chi connectivity index (χ4v) is 1.49. The molecule has 2 heterocycles. The maximum Gasteiger partial charge on any atom is 0.354 e. The van der Waals surface area contributed by atoms with Crippen LogP contribution in [0, 0.1) is 0 Å². The van der Waals surface area contributed by atoms with Crippen molar-refractivity contribution in [2.45, 2.75) is 18.9 Å². The first kappa shape index (κ1) is 10.8. The Hall–Kier alpha value is -1.69. The van der Waals surface area contributed by atoms with Crippen LogP contribution in [0.4, 0.5) is 0 Å². The minimum Gasteiger partial charge on any atom is -0.477 e. The van der Waals surface area contributed by atoms with Crippen LogP contribution in [-0.4, -0.2) is 40.4 Å². The van der Waals surface area contributed by atoms with Crippen LogP contribution < -0.4 is 4.74 Å². The topological polar surface area (TPSA) is 81.5 Å². The smallest absolute Gasteiger partial charge is 0.354 e. The number of ether oxygens (including phenoxy) is 2. The lowest BCUT2D eigenvalue weighted by Crippen LogP contribution is -2.26. The molecule has 1 aliphatic heterocycles. The Labute approximate surface area is 92.2 Å². The van der Waals surface area contributed by atoms with Crippen molar-refractivity contribution < 1.29 is 19.4 Å². The van der Waals surface area contributed by atoms with Gasteiger partial charge in [0, 0.05) is 18.9 Å². The molecule has 0 amide bonds. The van der Waals surface area contributed by atoms with Crippen molar-refractivity contribution in [2.75, 3.05) is 13.2 Å². The lowest BCUT2D eigenvalue weighted by Gasteiger charge is -2.22. The standard InChI is InChI=1S/C10H12N2O4/c13-10(14)8-5-9(12-6-11-8)16-7-1-3-15-4-2-7/h5-7H,1-4H2,(H,13,14). The lowest BCUT2D eigenvalue weighted by atomic mass is 10.1. The van der Waals surface area contributed by atoms with E-state index >= 15 is 0 Å². The van der Waals surface area contributed by atoms with Gasteiger partial charge in [-0.1, -0.05) is 0 Å². The summed E-state index contributed by atoms with van der Waals surface area (Å²) in [4.78, 5) is 18.2. The van der Waals surface area contributed by atoms with Crippen molar-refractivity contribution >= 4 is 5.97 Å². The Morgan fingerprint density at radius 1 is 1.44 bits per heavy atom. The predicted molar refractivity (Wildman–Crippen MR) is 53.5 cm³/mol. The zero-order valence-corrected chi connectivity index (χ0v) is 8.63. The summed E-state index contributed by atoms with van der Waals surface area (Å²) in [5, 5.41) is 8.75. The number of carboxylic acid groups (broad SMARTS) is 1. The monoisotopic (exact) mass is 224 g/mol. The molecule has 6 nitrogen and oxygen atoms in total. The summed E-state index contributed by atoms with van der Waals surface area (Å²) in [5.74, 6) is -0.779. The summed E-state index contributed by atoms with van der Waals surface area (Å²) >= 11 is 0. The van der Waals surface area contributed by atoms with Crippen LogP contribution in [0.1, 0.15) is 23.3 Å². The summed E-state index contributed by atoms with van der Waals surface area (Å²) in [6, 6.07) is 1.33. The fourth-order valence-electron chi connectivity index (χ4n) is 1.49. The molecule has 1 aromatic heterocycles. The van der Waals surface area contributed by atoms with Gasteiger partial charge < -0.3 is 14.6 Å². The van der Waals surface area contributed by atoms with Crippen molar-refractivity contribution in [3.63, 3.8) is 0 Å². The summed E-state index contributed by atoms with van der Waals surface area (Å²) in [6.07, 6.45) is 2.84. The van der Waals surface area contributed by atoms with Crippen LogP contribution in [0.3, 0.4) is 0 Å². The average molecular weight is 224 g/mol. The molecule has 16 heavy (non-hydrogen) atoms. The molecule has 0 saturated carbocycles. The van der Waals surface area contributed by atoms with E-state index in [2.05, 4.69) is 9.97 Å². The molecule has 0 atom stereocenters. The van der Waals surface area contributed by atoms with E-state index in [9.17, 15) is 4.79 Å². The van der Waals surface area contributed by atoms with E-state index in [-0.39, 0.29) is 11.8 Å². The minimum atomic E-state index is -1.08. The van der Waals surface area contributed by atoms with E-state index in [0.29, 0.717) is 19.1 Å². The van der Waals surface area contributed by atoms with Gasteiger partial charge in [0.05, 0.1) is 13.2 Å². The number of carbonyl (C=O) groups is 1. The van der Waals surface area contributed by atoms with E-state index in [4.69, 9.17) is 14.6 Å². The van der Waals surface area contributed by atoms with Crippen LogP contribution in [-0.2, 0) is 4.74 Å². The van der Waals surface area contributed by atoms with Gasteiger partial charge >= 0.3 is 5.97 Å². The Morgan fingerprint density at radius 2 is 2.19 bits per heavy atom. The van der Waals surface area contributed by atoms with Crippen LogP contribution in [0.25, 0.3) is 0 Å². The summed E-state index contributed by atoms with van der Waals surface area (Å²) in [5.41, 5.74) is -0.0583. The summed E-state index contributed by atoms with van der Waals surface area (Å²) in [6.45, 7) is 1.34. The molecule has 1 fully saturated rings. The molecule has 1 saturated heterocycles. The molecule has 0 aromatic carbocycles. The third-order valence-corrected chi connectivity index (χ3v) is 2.32. The van der Waals surface area contributed by atoms with E-state index < -0.39 is 5.97 Å². The van der Waals surface area contributed by atoms with Crippen LogP contribution in [0.15, 0.2) is 12.4 Å². The van der Waals surface area contributed by atoms with Crippen molar-refractivity contribution in [2.24, 2.45) is 0 Å². The first-order chi connectivity index (χ1) is 7.75. The first-order valence-corrected chi connectivity index (χ1v) is 5.05. The number of rotatable bonds is 3. The van der Waals surface area contributed by atoms with Gasteiger partial charge in [0.1, 0.15) is 12.4 Å². The number of hydrogen-bond acceptors (Lipinski definition) is 5. The molecule has 86 valence electrons. The highest BCUT2D eigenvalue weighted by Crippen LogP contribution is 2.15. The SMILES string of the molecule is O=C(O)c1cc(OC2CCOCC2)ncn1. The lowest BCUT2D eigenvalue weighted by molar-refractivity contribution is 0.0235. The van der Waals surface area contributed by atoms with Gasteiger partial charge in [0.25, 0.3) is 0 Å². The molecule has 0 aliphatic carbocycles. The molecule has 0 bridgehead atoms. The molecule has 1 aromatic rings. The second kappa shape index (κ2) is 4.89. The van der Waals surface area contributed by atoms with Crippen LogP contribution in [0.2, 0.25) is 0 Å². The van der Waals surface area contributed by atoms with Gasteiger partial charge in [-0.25, -0.2) is 14.8 Å². The van der Waals surface area contributed by atoms with E-state index in [1.165, 1.54) is 12.4 Å². The number of aromatic nitrogens is 2. The second-order valence-corrected chi connectivity index (χ2v) is 3.48. The molecular formula is C10H12N2O4. The highest BCUT2D eigenvalue weighted by Gasteiger charge is 2.16.